The van der Waals surface area contributed by atoms with E-state index in [0.29, 0.717) is 27.7 Å². The monoisotopic (exact) mass is 447 g/mol. The summed E-state index contributed by atoms with van der Waals surface area (Å²) in [6.45, 7) is 3.59. The molecule has 0 saturated carbocycles. The summed E-state index contributed by atoms with van der Waals surface area (Å²) in [4.78, 5) is 20.2. The van der Waals surface area contributed by atoms with Gasteiger partial charge in [0.2, 0.25) is 0 Å². The van der Waals surface area contributed by atoms with Gasteiger partial charge in [0, 0.05) is 16.5 Å². The number of rotatable bonds is 4. The minimum Gasteiger partial charge on any atom is -0.478 e. The number of aliphatic imine (C=N–C) groups is 1. The van der Waals surface area contributed by atoms with Gasteiger partial charge in [-0.2, -0.15) is 0 Å². The van der Waals surface area contributed by atoms with Gasteiger partial charge in [-0.25, -0.2) is 9.78 Å². The summed E-state index contributed by atoms with van der Waals surface area (Å²) >= 11 is 1.27. The topological polar surface area (TPSA) is 83.8 Å². The van der Waals surface area contributed by atoms with Crippen molar-refractivity contribution in [3.05, 3.63) is 64.0 Å². The number of nitrogens with one attached hydrogen (secondary N) is 1. The second-order valence-electron chi connectivity index (χ2n) is 7.29. The molecule has 160 valence electrons. The number of fused-ring (bicyclic) bond motifs is 1. The average Bonchev–Trinajstić information content (AvgIpc) is 3.17. The first-order valence-electron chi connectivity index (χ1n) is 9.09. The third-order valence-electron chi connectivity index (χ3n) is 4.68. The van der Waals surface area contributed by atoms with Crippen molar-refractivity contribution in [2.45, 2.75) is 25.7 Å². The van der Waals surface area contributed by atoms with E-state index in [9.17, 15) is 18.0 Å². The number of benzene rings is 2. The molecule has 3 aromatic rings. The zero-order chi connectivity index (χ0) is 22.4. The Kier molecular flexibility index (Phi) is 4.97. The number of carbonyl (C=O) groups is 1. The molecule has 0 atom stereocenters. The number of anilines is 1. The lowest BCUT2D eigenvalue weighted by Gasteiger charge is -2.31. The summed E-state index contributed by atoms with van der Waals surface area (Å²) in [5.74, 6) is -1.04. The van der Waals surface area contributed by atoms with E-state index in [2.05, 4.69) is 20.0 Å². The van der Waals surface area contributed by atoms with Crippen molar-refractivity contribution >= 4 is 28.8 Å². The number of ether oxygens (including phenoxy) is 1. The lowest BCUT2D eigenvalue weighted by Crippen LogP contribution is -2.30. The number of aromatic nitrogens is 1. The molecule has 10 heteroatoms. The maximum absolute atomic E-state index is 12.9. The Morgan fingerprint density at radius 3 is 2.52 bits per heavy atom. The normalized spacial score (nSPS) is 14.9. The molecule has 1 aliphatic rings. The van der Waals surface area contributed by atoms with Gasteiger partial charge in [0.25, 0.3) is 0 Å². The zero-order valence-electron chi connectivity index (χ0n) is 16.3. The van der Waals surface area contributed by atoms with E-state index in [1.165, 1.54) is 35.6 Å². The molecule has 0 saturated heterocycles. The van der Waals surface area contributed by atoms with Crippen LogP contribution in [0.15, 0.2) is 52.8 Å². The highest BCUT2D eigenvalue weighted by atomic mass is 32.1. The molecule has 0 amide bonds. The number of nitrogens with zero attached hydrogens (tertiary/aromatic N) is 2. The Labute approximate surface area is 179 Å². The molecular formula is C21H16F3N3O3S. The van der Waals surface area contributed by atoms with Crippen molar-refractivity contribution < 1.29 is 27.8 Å². The molecule has 0 radical (unpaired) electrons. The fourth-order valence-corrected chi connectivity index (χ4v) is 4.04. The number of hydrogen-bond donors (Lipinski definition) is 2. The Hall–Kier alpha value is -3.40. The lowest BCUT2D eigenvalue weighted by atomic mass is 9.91. The van der Waals surface area contributed by atoms with E-state index in [4.69, 9.17) is 5.11 Å². The number of carboxylic acids is 1. The largest absolute Gasteiger partial charge is 0.573 e. The van der Waals surface area contributed by atoms with E-state index >= 15 is 0 Å². The highest BCUT2D eigenvalue weighted by Crippen LogP contribution is 2.42. The van der Waals surface area contributed by atoms with Gasteiger partial charge < -0.3 is 15.2 Å². The molecule has 0 aliphatic carbocycles. The number of halogens is 3. The minimum absolute atomic E-state index is 0.160. The van der Waals surface area contributed by atoms with Crippen molar-refractivity contribution in [1.82, 2.24) is 4.98 Å². The molecule has 0 bridgehead atoms. The molecule has 2 aromatic carbocycles. The third kappa shape index (κ3) is 4.24. The number of para-hydroxylation sites is 1. The van der Waals surface area contributed by atoms with E-state index in [0.717, 1.165) is 0 Å². The van der Waals surface area contributed by atoms with Crippen LogP contribution in [0.5, 0.6) is 5.75 Å². The van der Waals surface area contributed by atoms with Crippen LogP contribution in [0.1, 0.15) is 34.8 Å². The molecule has 0 unspecified atom stereocenters. The summed E-state index contributed by atoms with van der Waals surface area (Å²) in [5.41, 5.74) is 1.43. The lowest BCUT2D eigenvalue weighted by molar-refractivity contribution is -0.274. The van der Waals surface area contributed by atoms with Crippen LogP contribution in [0.4, 0.5) is 18.9 Å². The number of aromatic carboxylic acids is 1. The van der Waals surface area contributed by atoms with Crippen molar-refractivity contribution in [2.75, 3.05) is 5.32 Å². The molecule has 1 aliphatic heterocycles. The molecule has 6 nitrogen and oxygen atoms in total. The average molecular weight is 447 g/mol. The van der Waals surface area contributed by atoms with Crippen LogP contribution in [0.25, 0.3) is 11.3 Å². The first-order valence-corrected chi connectivity index (χ1v) is 9.97. The Balaban J connectivity index is 1.68. The summed E-state index contributed by atoms with van der Waals surface area (Å²) in [5, 5.41) is 14.2. The molecule has 0 fully saturated rings. The molecule has 0 spiro atoms. The standard InChI is InChI=1S/C21H16F3N3O3S/c1-20(2)13-4-3-5-15(30-21(22,23)24)16(13)26-17(27-20)18-25-14(10-31-18)11-6-8-12(9-7-11)19(28)29/h3-10H,1-2H3,(H,26,27)(H,28,29). The van der Waals surface area contributed by atoms with Crippen molar-refractivity contribution in [1.29, 1.82) is 0 Å². The first-order chi connectivity index (χ1) is 14.5. The predicted molar refractivity (Wildman–Crippen MR) is 111 cm³/mol. The van der Waals surface area contributed by atoms with Crippen molar-refractivity contribution in [3.8, 4) is 17.0 Å². The van der Waals surface area contributed by atoms with Gasteiger partial charge in [-0.1, -0.05) is 24.3 Å². The Morgan fingerprint density at radius 1 is 1.16 bits per heavy atom. The number of amidine groups is 1. The van der Waals surface area contributed by atoms with Gasteiger partial charge in [0.15, 0.2) is 16.6 Å². The second-order valence-corrected chi connectivity index (χ2v) is 8.15. The fraction of sp³-hybridized carbons (Fsp3) is 0.190. The molecular weight excluding hydrogens is 431 g/mol. The maximum atomic E-state index is 12.9. The van der Waals surface area contributed by atoms with Gasteiger partial charge in [0.1, 0.15) is 0 Å². The van der Waals surface area contributed by atoms with E-state index < -0.39 is 17.9 Å². The van der Waals surface area contributed by atoms with Crippen LogP contribution in [0.2, 0.25) is 0 Å². The van der Waals surface area contributed by atoms with Crippen LogP contribution >= 0.6 is 11.3 Å². The predicted octanol–water partition coefficient (Wildman–Crippen LogP) is 5.51. The van der Waals surface area contributed by atoms with Gasteiger partial charge in [-0.15, -0.1) is 24.5 Å². The molecule has 2 N–H and O–H groups in total. The van der Waals surface area contributed by atoms with Crippen molar-refractivity contribution in [2.24, 2.45) is 4.99 Å². The number of thiazole rings is 1. The summed E-state index contributed by atoms with van der Waals surface area (Å²) in [6, 6.07) is 10.7. The fourth-order valence-electron chi connectivity index (χ4n) is 3.27. The zero-order valence-corrected chi connectivity index (χ0v) is 17.1. The summed E-state index contributed by atoms with van der Waals surface area (Å²) < 4.78 is 42.8. The number of hydrogen-bond acceptors (Lipinski definition) is 6. The Bertz CT molecular complexity index is 1180. The summed E-state index contributed by atoms with van der Waals surface area (Å²) in [6.07, 6.45) is -4.83. The van der Waals surface area contributed by atoms with Gasteiger partial charge >= 0.3 is 12.3 Å². The highest BCUT2D eigenvalue weighted by molar-refractivity contribution is 7.12. The van der Waals surface area contributed by atoms with Crippen LogP contribution in [-0.4, -0.2) is 28.3 Å². The number of carboxylic acid groups (broad SMARTS) is 1. The van der Waals surface area contributed by atoms with E-state index in [-0.39, 0.29) is 17.0 Å². The number of alkyl halides is 3. The molecule has 2 heterocycles. The molecule has 1 aromatic heterocycles. The minimum atomic E-state index is -4.83. The maximum Gasteiger partial charge on any atom is 0.573 e. The van der Waals surface area contributed by atoms with Gasteiger partial charge in [-0.05, 0) is 32.0 Å². The SMILES string of the molecule is CC1(C)N=C(c2nc(-c3ccc(C(=O)O)cc3)cs2)Nc2c(OC(F)(F)F)cccc21. The van der Waals surface area contributed by atoms with E-state index in [1.54, 1.807) is 37.4 Å². The van der Waals surface area contributed by atoms with Crippen LogP contribution in [-0.2, 0) is 5.54 Å². The third-order valence-corrected chi connectivity index (χ3v) is 5.53. The summed E-state index contributed by atoms with van der Waals surface area (Å²) in [7, 11) is 0. The van der Waals surface area contributed by atoms with E-state index in [1.807, 2.05) is 0 Å². The second kappa shape index (κ2) is 7.38. The molecule has 31 heavy (non-hydrogen) atoms. The van der Waals surface area contributed by atoms with Crippen LogP contribution < -0.4 is 10.1 Å². The molecule has 4 rings (SSSR count). The van der Waals surface area contributed by atoms with Crippen molar-refractivity contribution in [3.63, 3.8) is 0 Å². The van der Waals surface area contributed by atoms with Gasteiger partial charge in [0.05, 0.1) is 22.5 Å². The Morgan fingerprint density at radius 2 is 1.87 bits per heavy atom. The first kappa shape index (κ1) is 20.9. The quantitative estimate of drug-likeness (QED) is 0.551. The highest BCUT2D eigenvalue weighted by Gasteiger charge is 2.36. The smallest absolute Gasteiger partial charge is 0.478 e. The van der Waals surface area contributed by atoms with Crippen LogP contribution in [0, 0.1) is 0 Å². The van der Waals surface area contributed by atoms with Gasteiger partial charge in [-0.3, -0.25) is 4.99 Å². The van der Waals surface area contributed by atoms with Crippen LogP contribution in [0.3, 0.4) is 0 Å².